The van der Waals surface area contributed by atoms with Crippen molar-refractivity contribution in [3.05, 3.63) is 66.0 Å². The van der Waals surface area contributed by atoms with E-state index in [0.717, 1.165) is 29.8 Å². The van der Waals surface area contributed by atoms with E-state index >= 15 is 0 Å². The molecular weight excluding hydrogens is 364 g/mol. The number of para-hydroxylation sites is 2. The fourth-order valence-electron chi connectivity index (χ4n) is 3.39. The minimum absolute atomic E-state index is 0.0116. The van der Waals surface area contributed by atoms with Crippen LogP contribution in [0, 0.1) is 12.8 Å². The Hall–Kier alpha value is -3.15. The van der Waals surface area contributed by atoms with Crippen molar-refractivity contribution in [1.82, 2.24) is 20.2 Å². The maximum absolute atomic E-state index is 12.6. The smallest absolute Gasteiger partial charge is 0.251 e. The van der Waals surface area contributed by atoms with Gasteiger partial charge in [0, 0.05) is 18.7 Å². The van der Waals surface area contributed by atoms with Crippen LogP contribution in [0.3, 0.4) is 0 Å². The summed E-state index contributed by atoms with van der Waals surface area (Å²) in [5.74, 6) is 0.562. The van der Waals surface area contributed by atoms with Crippen LogP contribution in [-0.2, 0) is 11.3 Å². The first-order valence-electron chi connectivity index (χ1n) is 10.0. The number of hydrogen-bond acceptors (Lipinski definition) is 3. The van der Waals surface area contributed by atoms with Crippen LogP contribution in [-0.4, -0.2) is 34.0 Å². The van der Waals surface area contributed by atoms with Gasteiger partial charge in [0.1, 0.15) is 11.9 Å². The number of aromatic nitrogens is 2. The third-order valence-electron chi connectivity index (χ3n) is 4.97. The lowest BCUT2D eigenvalue weighted by Gasteiger charge is -2.22. The van der Waals surface area contributed by atoms with Crippen molar-refractivity contribution in [2.45, 2.75) is 39.8 Å². The number of hydrogen-bond donors (Lipinski definition) is 2. The predicted molar refractivity (Wildman–Crippen MR) is 115 cm³/mol. The number of benzene rings is 2. The minimum Gasteiger partial charge on any atom is -0.354 e. The lowest BCUT2D eigenvalue weighted by atomic mass is 10.0. The zero-order chi connectivity index (χ0) is 20.8. The number of aryl methyl sites for hydroxylation is 2. The van der Waals surface area contributed by atoms with Crippen LogP contribution >= 0.6 is 0 Å². The van der Waals surface area contributed by atoms with E-state index in [9.17, 15) is 9.59 Å². The van der Waals surface area contributed by atoms with Crippen LogP contribution in [0.4, 0.5) is 0 Å². The molecule has 0 saturated carbocycles. The van der Waals surface area contributed by atoms with Gasteiger partial charge in [-0.15, -0.1) is 0 Å². The Kier molecular flexibility index (Phi) is 6.65. The van der Waals surface area contributed by atoms with Crippen molar-refractivity contribution >= 4 is 22.8 Å². The number of nitrogens with one attached hydrogen (secondary N) is 2. The van der Waals surface area contributed by atoms with Gasteiger partial charge in [0.25, 0.3) is 5.91 Å². The first-order chi connectivity index (χ1) is 14.0. The van der Waals surface area contributed by atoms with E-state index in [1.54, 1.807) is 24.3 Å². The molecule has 1 atom stereocenters. The van der Waals surface area contributed by atoms with Gasteiger partial charge in [-0.05, 0) is 43.5 Å². The highest BCUT2D eigenvalue weighted by molar-refractivity contribution is 5.97. The van der Waals surface area contributed by atoms with Gasteiger partial charge in [-0.3, -0.25) is 9.59 Å². The summed E-state index contributed by atoms with van der Waals surface area (Å²) in [6.07, 6.45) is 0.782. The molecule has 1 unspecified atom stereocenters. The number of rotatable bonds is 8. The Balaban J connectivity index is 1.54. The van der Waals surface area contributed by atoms with Crippen LogP contribution in [0.25, 0.3) is 11.0 Å². The molecular formula is C23H28N4O2. The van der Waals surface area contributed by atoms with Crippen LogP contribution in [0.5, 0.6) is 0 Å². The van der Waals surface area contributed by atoms with E-state index in [-0.39, 0.29) is 17.7 Å². The fraction of sp³-hybridized carbons (Fsp3) is 0.348. The molecule has 0 fully saturated rings. The van der Waals surface area contributed by atoms with E-state index in [0.29, 0.717) is 12.1 Å². The van der Waals surface area contributed by atoms with Crippen LogP contribution in [0.15, 0.2) is 54.6 Å². The van der Waals surface area contributed by atoms with Crippen LogP contribution in [0.1, 0.15) is 36.5 Å². The normalized spacial score (nSPS) is 12.1. The van der Waals surface area contributed by atoms with E-state index in [4.69, 9.17) is 0 Å². The van der Waals surface area contributed by atoms with Crippen molar-refractivity contribution in [2.24, 2.45) is 5.92 Å². The topological polar surface area (TPSA) is 76.0 Å². The zero-order valence-corrected chi connectivity index (χ0v) is 17.2. The van der Waals surface area contributed by atoms with Gasteiger partial charge >= 0.3 is 0 Å². The summed E-state index contributed by atoms with van der Waals surface area (Å²) in [6.45, 7) is 7.16. The van der Waals surface area contributed by atoms with Crippen molar-refractivity contribution in [2.75, 3.05) is 6.54 Å². The standard InChI is InChI=1S/C23H28N4O2/c1-16(2)21(26-22(28)18-10-5-4-6-11-18)23(29)24-14-9-15-27-17(3)25-19-12-7-8-13-20(19)27/h4-8,10-13,16,21H,9,14-15H2,1-3H3,(H,24,29)(H,26,28). The molecule has 2 amide bonds. The second-order valence-electron chi connectivity index (χ2n) is 7.51. The third kappa shape index (κ3) is 5.02. The first-order valence-corrected chi connectivity index (χ1v) is 10.0. The number of nitrogens with zero attached hydrogens (tertiary/aromatic N) is 2. The van der Waals surface area contributed by atoms with Crippen molar-refractivity contribution in [3.8, 4) is 0 Å². The SMILES string of the molecule is Cc1nc2ccccc2n1CCCNC(=O)C(NC(=O)c1ccccc1)C(C)C. The molecule has 0 radical (unpaired) electrons. The molecule has 0 aliphatic carbocycles. The zero-order valence-electron chi connectivity index (χ0n) is 17.2. The summed E-state index contributed by atoms with van der Waals surface area (Å²) in [5, 5.41) is 5.82. The molecule has 2 N–H and O–H groups in total. The third-order valence-corrected chi connectivity index (χ3v) is 4.97. The molecule has 2 aromatic carbocycles. The summed E-state index contributed by atoms with van der Waals surface area (Å²) < 4.78 is 2.17. The van der Waals surface area contributed by atoms with Gasteiger partial charge in [0.2, 0.25) is 5.91 Å². The average molecular weight is 393 g/mol. The Morgan fingerprint density at radius 2 is 1.72 bits per heavy atom. The molecule has 0 bridgehead atoms. The number of imidazole rings is 1. The average Bonchev–Trinajstić information content (AvgIpc) is 3.04. The summed E-state index contributed by atoms with van der Waals surface area (Å²) in [5.41, 5.74) is 2.64. The van der Waals surface area contributed by atoms with Gasteiger partial charge in [-0.2, -0.15) is 0 Å². The van der Waals surface area contributed by atoms with Crippen LogP contribution in [0.2, 0.25) is 0 Å². The Morgan fingerprint density at radius 1 is 1.03 bits per heavy atom. The summed E-state index contributed by atoms with van der Waals surface area (Å²) in [4.78, 5) is 29.6. The maximum Gasteiger partial charge on any atom is 0.251 e. The second kappa shape index (κ2) is 9.37. The monoisotopic (exact) mass is 392 g/mol. The van der Waals surface area contributed by atoms with Crippen LogP contribution < -0.4 is 10.6 Å². The summed E-state index contributed by atoms with van der Waals surface area (Å²) >= 11 is 0. The van der Waals surface area contributed by atoms with Gasteiger partial charge in [-0.25, -0.2) is 4.98 Å². The van der Waals surface area contributed by atoms with Gasteiger partial charge < -0.3 is 15.2 Å². The predicted octanol–water partition coefficient (Wildman–Crippen LogP) is 3.31. The van der Waals surface area contributed by atoms with E-state index in [2.05, 4.69) is 26.3 Å². The Morgan fingerprint density at radius 3 is 2.45 bits per heavy atom. The first kappa shape index (κ1) is 20.6. The molecule has 29 heavy (non-hydrogen) atoms. The second-order valence-corrected chi connectivity index (χ2v) is 7.51. The molecule has 1 aromatic heterocycles. The van der Waals surface area contributed by atoms with E-state index < -0.39 is 6.04 Å². The minimum atomic E-state index is -0.571. The van der Waals surface area contributed by atoms with E-state index in [1.807, 2.05) is 45.0 Å². The molecule has 6 nitrogen and oxygen atoms in total. The maximum atomic E-state index is 12.6. The lowest BCUT2D eigenvalue weighted by Crippen LogP contribution is -2.49. The van der Waals surface area contributed by atoms with Gasteiger partial charge in [0.05, 0.1) is 11.0 Å². The molecule has 3 rings (SSSR count). The highest BCUT2D eigenvalue weighted by Gasteiger charge is 2.24. The molecule has 0 saturated heterocycles. The van der Waals surface area contributed by atoms with Gasteiger partial charge in [0.15, 0.2) is 0 Å². The highest BCUT2D eigenvalue weighted by Crippen LogP contribution is 2.15. The Labute approximate surface area is 171 Å². The van der Waals surface area contributed by atoms with Crippen molar-refractivity contribution in [3.63, 3.8) is 0 Å². The van der Waals surface area contributed by atoms with Gasteiger partial charge in [-0.1, -0.05) is 44.2 Å². The summed E-state index contributed by atoms with van der Waals surface area (Å²) in [6, 6.07) is 16.4. The number of carbonyl (C=O) groups is 2. The molecule has 3 aromatic rings. The molecule has 1 heterocycles. The fourth-order valence-corrected chi connectivity index (χ4v) is 3.39. The van der Waals surface area contributed by atoms with E-state index in [1.165, 1.54) is 0 Å². The molecule has 0 spiro atoms. The number of carbonyl (C=O) groups excluding carboxylic acids is 2. The summed E-state index contributed by atoms with van der Waals surface area (Å²) in [7, 11) is 0. The molecule has 152 valence electrons. The van der Waals surface area contributed by atoms with Crippen molar-refractivity contribution < 1.29 is 9.59 Å². The number of fused-ring (bicyclic) bond motifs is 1. The quantitative estimate of drug-likeness (QED) is 0.578. The molecule has 6 heteroatoms. The highest BCUT2D eigenvalue weighted by atomic mass is 16.2. The molecule has 0 aliphatic heterocycles. The molecule has 0 aliphatic rings. The largest absolute Gasteiger partial charge is 0.354 e. The lowest BCUT2D eigenvalue weighted by molar-refractivity contribution is -0.123. The van der Waals surface area contributed by atoms with Crippen molar-refractivity contribution in [1.29, 1.82) is 0 Å². The Bertz CT molecular complexity index is 979. The number of amides is 2.